The number of aromatic nitrogens is 1. The van der Waals surface area contributed by atoms with E-state index >= 15 is 0 Å². The lowest BCUT2D eigenvalue weighted by Gasteiger charge is -2.07. The Hall–Kier alpha value is -2.18. The number of nitrogens with two attached hydrogens (primary N) is 1. The number of nitrogens with zero attached hydrogens (tertiary/aromatic N) is 1. The molecule has 7 heteroatoms. The van der Waals surface area contributed by atoms with Gasteiger partial charge in [-0.15, -0.1) is 0 Å². The van der Waals surface area contributed by atoms with Gasteiger partial charge in [-0.05, 0) is 32.0 Å². The van der Waals surface area contributed by atoms with Crippen LogP contribution in [0, 0.1) is 6.92 Å². The number of carbonyl (C=O) groups is 1. The van der Waals surface area contributed by atoms with E-state index in [-0.39, 0.29) is 17.6 Å². The Morgan fingerprint density at radius 2 is 2.05 bits per heavy atom. The van der Waals surface area contributed by atoms with Crippen molar-refractivity contribution < 1.29 is 22.7 Å². The third kappa shape index (κ3) is 2.19. The highest BCUT2D eigenvalue weighted by Gasteiger charge is 2.32. The number of nitrogen functional groups attached to an aromatic ring is 1. The average Bonchev–Trinajstić information content (AvgIpc) is 2.61. The second-order valence-corrected chi connectivity index (χ2v) is 4.28. The highest BCUT2D eigenvalue weighted by molar-refractivity contribution is 6.06. The van der Waals surface area contributed by atoms with Crippen LogP contribution in [0.5, 0.6) is 0 Å². The van der Waals surface area contributed by atoms with E-state index in [1.807, 2.05) is 0 Å². The van der Waals surface area contributed by atoms with Crippen molar-refractivity contribution in [1.29, 1.82) is 0 Å². The number of ether oxygens (including phenoxy) is 1. The first-order chi connectivity index (χ1) is 9.27. The molecule has 2 N–H and O–H groups in total. The molecule has 0 aliphatic carbocycles. The molecule has 2 rings (SSSR count). The van der Waals surface area contributed by atoms with Gasteiger partial charge in [-0.2, -0.15) is 13.2 Å². The van der Waals surface area contributed by atoms with Crippen LogP contribution in [0.15, 0.2) is 18.2 Å². The van der Waals surface area contributed by atoms with E-state index in [2.05, 4.69) is 0 Å². The zero-order valence-corrected chi connectivity index (χ0v) is 10.9. The maximum atomic E-state index is 12.7. The van der Waals surface area contributed by atoms with E-state index in [9.17, 15) is 18.0 Å². The SMILES string of the molecule is CCOC(=O)c1c(C)n(N)c2ccc(C(F)(F)F)cc12. The molecular formula is C13H13F3N2O2. The molecule has 1 aromatic carbocycles. The van der Waals surface area contributed by atoms with E-state index in [4.69, 9.17) is 10.6 Å². The topological polar surface area (TPSA) is 57.2 Å². The van der Waals surface area contributed by atoms with Crippen LogP contribution < -0.4 is 5.84 Å². The minimum atomic E-state index is -4.48. The van der Waals surface area contributed by atoms with E-state index in [0.717, 1.165) is 12.1 Å². The van der Waals surface area contributed by atoms with Crippen LogP contribution >= 0.6 is 0 Å². The highest BCUT2D eigenvalue weighted by Crippen LogP contribution is 2.33. The molecule has 1 heterocycles. The van der Waals surface area contributed by atoms with Gasteiger partial charge in [-0.1, -0.05) is 0 Å². The molecule has 0 unspecified atom stereocenters. The molecular weight excluding hydrogens is 273 g/mol. The third-order valence-electron chi connectivity index (χ3n) is 3.06. The van der Waals surface area contributed by atoms with Gasteiger partial charge in [0, 0.05) is 5.39 Å². The van der Waals surface area contributed by atoms with Crippen molar-refractivity contribution in [3.8, 4) is 0 Å². The number of alkyl halides is 3. The molecule has 0 saturated heterocycles. The Kier molecular flexibility index (Phi) is 3.37. The fourth-order valence-electron chi connectivity index (χ4n) is 2.08. The van der Waals surface area contributed by atoms with Crippen LogP contribution in [-0.2, 0) is 10.9 Å². The largest absolute Gasteiger partial charge is 0.462 e. The Labute approximate surface area is 112 Å². The van der Waals surface area contributed by atoms with Crippen molar-refractivity contribution in [1.82, 2.24) is 4.68 Å². The minimum Gasteiger partial charge on any atom is -0.462 e. The van der Waals surface area contributed by atoms with E-state index in [1.165, 1.54) is 10.7 Å². The molecule has 0 saturated carbocycles. The summed E-state index contributed by atoms with van der Waals surface area (Å²) in [6.07, 6.45) is -4.48. The second-order valence-electron chi connectivity index (χ2n) is 4.28. The van der Waals surface area contributed by atoms with E-state index in [1.54, 1.807) is 13.8 Å². The molecule has 0 aliphatic rings. The average molecular weight is 286 g/mol. The standard InChI is InChI=1S/C13H13F3N2O2/c1-3-20-12(19)11-7(2)18(17)10-5-4-8(6-9(10)11)13(14,15)16/h4-6H,3,17H2,1-2H3. The number of hydrogen-bond donors (Lipinski definition) is 1. The Morgan fingerprint density at radius 1 is 1.40 bits per heavy atom. The molecule has 0 radical (unpaired) electrons. The molecule has 0 aliphatic heterocycles. The lowest BCUT2D eigenvalue weighted by atomic mass is 10.1. The van der Waals surface area contributed by atoms with E-state index < -0.39 is 17.7 Å². The summed E-state index contributed by atoms with van der Waals surface area (Å²) < 4.78 is 44.3. The van der Waals surface area contributed by atoms with Crippen LogP contribution in [0.4, 0.5) is 13.2 Å². The van der Waals surface area contributed by atoms with Crippen molar-refractivity contribution in [2.24, 2.45) is 0 Å². The van der Waals surface area contributed by atoms with Crippen molar-refractivity contribution in [3.05, 3.63) is 35.0 Å². The van der Waals surface area contributed by atoms with E-state index in [0.29, 0.717) is 11.2 Å². The third-order valence-corrected chi connectivity index (χ3v) is 3.06. The molecule has 108 valence electrons. The van der Waals surface area contributed by atoms with Gasteiger partial charge in [0.25, 0.3) is 0 Å². The first-order valence-electron chi connectivity index (χ1n) is 5.91. The quantitative estimate of drug-likeness (QED) is 0.682. The van der Waals surface area contributed by atoms with Gasteiger partial charge < -0.3 is 10.6 Å². The van der Waals surface area contributed by atoms with Crippen LogP contribution in [-0.4, -0.2) is 17.3 Å². The van der Waals surface area contributed by atoms with Crippen molar-refractivity contribution in [2.75, 3.05) is 12.4 Å². The van der Waals surface area contributed by atoms with Gasteiger partial charge >= 0.3 is 12.1 Å². The first kappa shape index (κ1) is 14.2. The maximum Gasteiger partial charge on any atom is 0.416 e. The van der Waals surface area contributed by atoms with Crippen LogP contribution in [0.2, 0.25) is 0 Å². The van der Waals surface area contributed by atoms with Crippen molar-refractivity contribution in [3.63, 3.8) is 0 Å². The summed E-state index contributed by atoms with van der Waals surface area (Å²) in [4.78, 5) is 11.9. The molecule has 20 heavy (non-hydrogen) atoms. The first-order valence-corrected chi connectivity index (χ1v) is 5.91. The normalized spacial score (nSPS) is 11.8. The molecule has 4 nitrogen and oxygen atoms in total. The predicted octanol–water partition coefficient (Wildman–Crippen LogP) is 2.86. The van der Waals surface area contributed by atoms with Gasteiger partial charge in [0.1, 0.15) is 0 Å². The van der Waals surface area contributed by atoms with Gasteiger partial charge in [0.05, 0.1) is 28.9 Å². The Bertz CT molecular complexity index is 674. The summed E-state index contributed by atoms with van der Waals surface area (Å²) in [5, 5.41) is 0.137. The molecule has 1 aromatic heterocycles. The van der Waals surface area contributed by atoms with Gasteiger partial charge in [-0.25, -0.2) is 4.79 Å². The number of hydrogen-bond acceptors (Lipinski definition) is 3. The summed E-state index contributed by atoms with van der Waals surface area (Å²) in [7, 11) is 0. The minimum absolute atomic E-state index is 0.0652. The Balaban J connectivity index is 2.72. The van der Waals surface area contributed by atoms with Crippen LogP contribution in [0.1, 0.15) is 28.5 Å². The van der Waals surface area contributed by atoms with Gasteiger partial charge in [-0.3, -0.25) is 4.68 Å². The molecule has 0 amide bonds. The summed E-state index contributed by atoms with van der Waals surface area (Å²) in [6, 6.07) is 3.09. The van der Waals surface area contributed by atoms with Crippen LogP contribution in [0.3, 0.4) is 0 Å². The van der Waals surface area contributed by atoms with Crippen molar-refractivity contribution >= 4 is 16.9 Å². The molecule has 0 fully saturated rings. The number of rotatable bonds is 2. The molecule has 0 bridgehead atoms. The van der Waals surface area contributed by atoms with Gasteiger partial charge in [0.2, 0.25) is 0 Å². The predicted molar refractivity (Wildman–Crippen MR) is 67.8 cm³/mol. The van der Waals surface area contributed by atoms with Gasteiger partial charge in [0.15, 0.2) is 0 Å². The summed E-state index contributed by atoms with van der Waals surface area (Å²) in [5.41, 5.74) is -0.0621. The molecule has 0 spiro atoms. The summed E-state index contributed by atoms with van der Waals surface area (Å²) >= 11 is 0. The number of carbonyl (C=O) groups excluding carboxylic acids is 1. The monoisotopic (exact) mass is 286 g/mol. The smallest absolute Gasteiger partial charge is 0.416 e. The summed E-state index contributed by atoms with van der Waals surface area (Å²) in [6.45, 7) is 3.31. The Morgan fingerprint density at radius 3 is 2.60 bits per heavy atom. The second kappa shape index (κ2) is 4.73. The summed E-state index contributed by atoms with van der Waals surface area (Å²) in [5.74, 6) is 5.08. The van der Waals surface area contributed by atoms with Crippen molar-refractivity contribution in [2.45, 2.75) is 20.0 Å². The highest BCUT2D eigenvalue weighted by atomic mass is 19.4. The lowest BCUT2D eigenvalue weighted by Crippen LogP contribution is -2.12. The zero-order valence-electron chi connectivity index (χ0n) is 10.9. The fourth-order valence-corrected chi connectivity index (χ4v) is 2.08. The zero-order chi connectivity index (χ0) is 15.1. The number of benzene rings is 1. The number of halogens is 3. The maximum absolute atomic E-state index is 12.7. The number of fused-ring (bicyclic) bond motifs is 1. The lowest BCUT2D eigenvalue weighted by molar-refractivity contribution is -0.137. The molecule has 2 aromatic rings. The number of esters is 1. The van der Waals surface area contributed by atoms with Crippen LogP contribution in [0.25, 0.3) is 10.9 Å². The fraction of sp³-hybridized carbons (Fsp3) is 0.308. The molecule has 0 atom stereocenters.